The van der Waals surface area contributed by atoms with Crippen molar-refractivity contribution < 1.29 is 9.90 Å². The van der Waals surface area contributed by atoms with Crippen LogP contribution in [-0.4, -0.2) is 24.2 Å². The van der Waals surface area contributed by atoms with Crippen LogP contribution in [0.5, 0.6) is 0 Å². The molecule has 4 heteroatoms. The summed E-state index contributed by atoms with van der Waals surface area (Å²) in [5, 5.41) is 9.31. The van der Waals surface area contributed by atoms with Crippen molar-refractivity contribution in [2.45, 2.75) is 33.1 Å². The van der Waals surface area contributed by atoms with Gasteiger partial charge in [0.1, 0.15) is 0 Å². The van der Waals surface area contributed by atoms with Gasteiger partial charge >= 0.3 is 5.97 Å². The number of nitrogens with two attached hydrogens (primary N) is 1. The molecule has 0 aromatic heterocycles. The Morgan fingerprint density at radius 1 is 1.42 bits per heavy atom. The van der Waals surface area contributed by atoms with Gasteiger partial charge in [-0.05, 0) is 42.9 Å². The highest BCUT2D eigenvalue weighted by Crippen LogP contribution is 2.40. The first kappa shape index (κ1) is 13.7. The second-order valence-corrected chi connectivity index (χ2v) is 5.46. The summed E-state index contributed by atoms with van der Waals surface area (Å²) in [6, 6.07) is 5.16. The van der Waals surface area contributed by atoms with Crippen LogP contribution in [0.25, 0.3) is 0 Å². The van der Waals surface area contributed by atoms with E-state index in [1.54, 1.807) is 12.1 Å². The molecule has 1 aliphatic rings. The van der Waals surface area contributed by atoms with Gasteiger partial charge in [0.05, 0.1) is 11.3 Å². The highest BCUT2D eigenvalue weighted by atomic mass is 16.4. The molecule has 104 valence electrons. The fraction of sp³-hybridized carbons (Fsp3) is 0.533. The minimum absolute atomic E-state index is 0.308. The molecule has 1 aliphatic heterocycles. The molecule has 0 saturated carbocycles. The van der Waals surface area contributed by atoms with Gasteiger partial charge < -0.3 is 15.7 Å². The van der Waals surface area contributed by atoms with Crippen molar-refractivity contribution in [3.8, 4) is 0 Å². The Morgan fingerprint density at radius 3 is 2.63 bits per heavy atom. The first-order valence-corrected chi connectivity index (χ1v) is 6.89. The van der Waals surface area contributed by atoms with Crippen LogP contribution < -0.4 is 10.6 Å². The lowest BCUT2D eigenvalue weighted by Crippen LogP contribution is -2.27. The highest BCUT2D eigenvalue weighted by Gasteiger charge is 2.36. The lowest BCUT2D eigenvalue weighted by Gasteiger charge is -2.27. The zero-order chi connectivity index (χ0) is 14.0. The van der Waals surface area contributed by atoms with Gasteiger partial charge in [-0.3, -0.25) is 0 Å². The molecule has 1 heterocycles. The molecule has 0 spiro atoms. The van der Waals surface area contributed by atoms with Crippen molar-refractivity contribution in [2.75, 3.05) is 23.7 Å². The van der Waals surface area contributed by atoms with Gasteiger partial charge in [0, 0.05) is 18.8 Å². The van der Waals surface area contributed by atoms with Crippen molar-refractivity contribution in [1.82, 2.24) is 0 Å². The molecule has 0 unspecified atom stereocenters. The predicted molar refractivity (Wildman–Crippen MR) is 77.7 cm³/mol. The first-order chi connectivity index (χ1) is 9.01. The van der Waals surface area contributed by atoms with Crippen LogP contribution >= 0.6 is 0 Å². The van der Waals surface area contributed by atoms with E-state index in [0.717, 1.165) is 38.0 Å². The average molecular weight is 262 g/mol. The SMILES string of the molecule is CCC1(CC)CCN(c2ccc(N)cc2C(=O)O)C1. The predicted octanol–water partition coefficient (Wildman–Crippen LogP) is 2.98. The van der Waals surface area contributed by atoms with Crippen molar-refractivity contribution >= 4 is 17.3 Å². The quantitative estimate of drug-likeness (QED) is 0.819. The number of nitrogen functional groups attached to an aromatic ring is 1. The molecule has 3 N–H and O–H groups in total. The third-order valence-electron chi connectivity index (χ3n) is 4.53. The molecule has 0 amide bonds. The fourth-order valence-corrected chi connectivity index (χ4v) is 2.97. The molecule has 1 aromatic rings. The first-order valence-electron chi connectivity index (χ1n) is 6.89. The van der Waals surface area contributed by atoms with Crippen LogP contribution in [0.15, 0.2) is 18.2 Å². The number of hydrogen-bond acceptors (Lipinski definition) is 3. The van der Waals surface area contributed by atoms with Gasteiger partial charge in [-0.1, -0.05) is 13.8 Å². The van der Waals surface area contributed by atoms with E-state index in [1.807, 2.05) is 6.07 Å². The number of nitrogens with zero attached hydrogens (tertiary/aromatic N) is 1. The monoisotopic (exact) mass is 262 g/mol. The third-order valence-corrected chi connectivity index (χ3v) is 4.53. The number of benzene rings is 1. The van der Waals surface area contributed by atoms with E-state index in [-0.39, 0.29) is 0 Å². The molecule has 0 aliphatic carbocycles. The van der Waals surface area contributed by atoms with Crippen LogP contribution in [0.3, 0.4) is 0 Å². The maximum atomic E-state index is 11.3. The number of carboxylic acids is 1. The summed E-state index contributed by atoms with van der Waals surface area (Å²) in [6.45, 7) is 6.29. The standard InChI is InChI=1S/C15H22N2O2/c1-3-15(4-2)7-8-17(10-15)13-6-5-11(16)9-12(13)14(18)19/h5-6,9H,3-4,7-8,10,16H2,1-2H3,(H,18,19). The third kappa shape index (κ3) is 2.53. The summed E-state index contributed by atoms with van der Waals surface area (Å²) in [6.07, 6.45) is 3.40. The Labute approximate surface area is 114 Å². The minimum Gasteiger partial charge on any atom is -0.478 e. The molecule has 1 saturated heterocycles. The van der Waals surface area contributed by atoms with Crippen molar-refractivity contribution in [3.05, 3.63) is 23.8 Å². The lowest BCUT2D eigenvalue weighted by atomic mass is 9.82. The zero-order valence-electron chi connectivity index (χ0n) is 11.6. The van der Waals surface area contributed by atoms with Crippen molar-refractivity contribution in [1.29, 1.82) is 0 Å². The van der Waals surface area contributed by atoms with Crippen LogP contribution in [0.1, 0.15) is 43.5 Å². The topological polar surface area (TPSA) is 66.6 Å². The Morgan fingerprint density at radius 2 is 2.11 bits per heavy atom. The molecule has 0 atom stereocenters. The highest BCUT2D eigenvalue weighted by molar-refractivity contribution is 5.95. The van der Waals surface area contributed by atoms with Gasteiger partial charge in [0.2, 0.25) is 0 Å². The van der Waals surface area contributed by atoms with E-state index < -0.39 is 5.97 Å². The van der Waals surface area contributed by atoms with Gasteiger partial charge in [-0.2, -0.15) is 0 Å². The maximum Gasteiger partial charge on any atom is 0.337 e. The Balaban J connectivity index is 2.31. The number of aromatic carboxylic acids is 1. The Kier molecular flexibility index (Phi) is 3.69. The van der Waals surface area contributed by atoms with E-state index in [4.69, 9.17) is 5.73 Å². The molecule has 19 heavy (non-hydrogen) atoms. The normalized spacial score (nSPS) is 17.7. The molecule has 1 aromatic carbocycles. The van der Waals surface area contributed by atoms with Crippen molar-refractivity contribution in [3.63, 3.8) is 0 Å². The van der Waals surface area contributed by atoms with Gasteiger partial charge in [0.15, 0.2) is 0 Å². The van der Waals surface area contributed by atoms with Crippen molar-refractivity contribution in [2.24, 2.45) is 5.41 Å². The maximum absolute atomic E-state index is 11.3. The number of anilines is 2. The molecular weight excluding hydrogens is 240 g/mol. The summed E-state index contributed by atoms with van der Waals surface area (Å²) in [4.78, 5) is 13.5. The summed E-state index contributed by atoms with van der Waals surface area (Å²) >= 11 is 0. The van der Waals surface area contributed by atoms with E-state index in [0.29, 0.717) is 16.7 Å². The molecule has 4 nitrogen and oxygen atoms in total. The molecular formula is C15H22N2O2. The molecule has 0 radical (unpaired) electrons. The summed E-state index contributed by atoms with van der Waals surface area (Å²) < 4.78 is 0. The largest absolute Gasteiger partial charge is 0.478 e. The van der Waals surface area contributed by atoms with Crippen LogP contribution in [0.2, 0.25) is 0 Å². The second-order valence-electron chi connectivity index (χ2n) is 5.46. The number of hydrogen-bond donors (Lipinski definition) is 2. The van der Waals surface area contributed by atoms with Crippen LogP contribution in [0, 0.1) is 5.41 Å². The van der Waals surface area contributed by atoms with E-state index in [2.05, 4.69) is 18.7 Å². The van der Waals surface area contributed by atoms with Gasteiger partial charge in [0.25, 0.3) is 0 Å². The van der Waals surface area contributed by atoms with Crippen LogP contribution in [-0.2, 0) is 0 Å². The molecule has 2 rings (SSSR count). The fourth-order valence-electron chi connectivity index (χ4n) is 2.97. The summed E-state index contributed by atoms with van der Waals surface area (Å²) in [5.41, 5.74) is 7.62. The second kappa shape index (κ2) is 5.11. The Hall–Kier alpha value is -1.71. The van der Waals surface area contributed by atoms with Gasteiger partial charge in [-0.25, -0.2) is 4.79 Å². The molecule has 1 fully saturated rings. The Bertz CT molecular complexity index is 481. The lowest BCUT2D eigenvalue weighted by molar-refractivity contribution is 0.0697. The molecule has 0 bridgehead atoms. The van der Waals surface area contributed by atoms with E-state index in [1.165, 1.54) is 0 Å². The van der Waals surface area contributed by atoms with E-state index >= 15 is 0 Å². The zero-order valence-corrected chi connectivity index (χ0v) is 11.6. The van der Waals surface area contributed by atoms with Gasteiger partial charge in [-0.15, -0.1) is 0 Å². The average Bonchev–Trinajstić information content (AvgIpc) is 2.83. The smallest absolute Gasteiger partial charge is 0.337 e. The number of rotatable bonds is 4. The summed E-state index contributed by atoms with van der Waals surface area (Å²) in [5.74, 6) is -0.909. The minimum atomic E-state index is -0.909. The number of carbonyl (C=O) groups is 1. The van der Waals surface area contributed by atoms with Crippen LogP contribution in [0.4, 0.5) is 11.4 Å². The summed E-state index contributed by atoms with van der Waals surface area (Å²) in [7, 11) is 0. The number of carboxylic acid groups (broad SMARTS) is 1. The van der Waals surface area contributed by atoms with E-state index in [9.17, 15) is 9.90 Å².